The van der Waals surface area contributed by atoms with Crippen molar-refractivity contribution >= 4 is 28.4 Å². The van der Waals surface area contributed by atoms with E-state index in [1.54, 1.807) is 0 Å². The summed E-state index contributed by atoms with van der Waals surface area (Å²) in [4.78, 5) is 0. The van der Waals surface area contributed by atoms with Crippen LogP contribution in [0.5, 0.6) is 0 Å². The maximum Gasteiger partial charge on any atom is 0.148 e. The molecule has 0 radical (unpaired) electrons. The molecule has 0 bridgehead atoms. The van der Waals surface area contributed by atoms with Gasteiger partial charge in [-0.05, 0) is 66.4 Å². The summed E-state index contributed by atoms with van der Waals surface area (Å²) in [5.74, 6) is 1.79. The van der Waals surface area contributed by atoms with Gasteiger partial charge in [-0.3, -0.25) is 0 Å². The zero-order chi connectivity index (χ0) is 11.0. The molecule has 0 spiro atoms. The average Bonchev–Trinajstić information content (AvgIpc) is 2.26. The van der Waals surface area contributed by atoms with E-state index in [9.17, 15) is 0 Å². The minimum Gasteiger partial charge on any atom is -0.366 e. The van der Waals surface area contributed by atoms with Crippen molar-refractivity contribution < 1.29 is 0 Å². The lowest BCUT2D eigenvalue weighted by Crippen LogP contribution is -2.57. The molecular formula is C11H15IN4. The van der Waals surface area contributed by atoms with Crippen molar-refractivity contribution in [1.82, 2.24) is 15.5 Å². The van der Waals surface area contributed by atoms with Gasteiger partial charge >= 0.3 is 0 Å². The molecule has 1 aliphatic carbocycles. The normalized spacial score (nSPS) is 32.7. The number of nitrogens with one attached hydrogen (secondary N) is 2. The molecule has 16 heavy (non-hydrogen) atoms. The van der Waals surface area contributed by atoms with E-state index in [0.717, 1.165) is 21.5 Å². The van der Waals surface area contributed by atoms with Crippen LogP contribution in [0, 0.1) is 9.62 Å². The van der Waals surface area contributed by atoms with Crippen molar-refractivity contribution in [2.75, 3.05) is 11.9 Å². The smallest absolute Gasteiger partial charge is 0.148 e. The zero-order valence-electron chi connectivity index (χ0n) is 8.99. The molecule has 1 saturated carbocycles. The Labute approximate surface area is 109 Å². The van der Waals surface area contributed by atoms with Crippen molar-refractivity contribution in [1.29, 1.82) is 0 Å². The number of nitrogens with zero attached hydrogens (tertiary/aromatic N) is 2. The lowest BCUT2D eigenvalue weighted by molar-refractivity contribution is 0.157. The van der Waals surface area contributed by atoms with Crippen molar-refractivity contribution in [3.8, 4) is 0 Å². The van der Waals surface area contributed by atoms with E-state index in [-0.39, 0.29) is 0 Å². The fraction of sp³-hybridized carbons (Fsp3) is 0.636. The molecule has 1 aliphatic heterocycles. The van der Waals surface area contributed by atoms with E-state index in [2.05, 4.69) is 43.4 Å². The predicted molar refractivity (Wildman–Crippen MR) is 71.3 cm³/mol. The number of anilines is 1. The molecule has 4 nitrogen and oxygen atoms in total. The van der Waals surface area contributed by atoms with E-state index in [4.69, 9.17) is 0 Å². The molecule has 1 aromatic heterocycles. The molecular weight excluding hydrogens is 315 g/mol. The number of aromatic nitrogens is 2. The van der Waals surface area contributed by atoms with Gasteiger partial charge in [-0.2, -0.15) is 0 Å². The van der Waals surface area contributed by atoms with Gasteiger partial charge < -0.3 is 10.6 Å². The van der Waals surface area contributed by atoms with Crippen LogP contribution >= 0.6 is 22.6 Å². The third-order valence-electron chi connectivity index (χ3n) is 3.61. The number of halogens is 1. The van der Waals surface area contributed by atoms with Gasteiger partial charge in [-0.25, -0.2) is 0 Å². The van der Waals surface area contributed by atoms with Crippen molar-refractivity contribution in [3.05, 3.63) is 15.8 Å². The highest BCUT2D eigenvalue weighted by Gasteiger charge is 2.36. The van der Waals surface area contributed by atoms with Crippen LogP contribution in [-0.2, 0) is 0 Å². The number of hydrogen-bond donors (Lipinski definition) is 2. The van der Waals surface area contributed by atoms with E-state index in [1.807, 2.05) is 12.1 Å². The summed E-state index contributed by atoms with van der Waals surface area (Å²) in [6.07, 6.45) is 3.80. The lowest BCUT2D eigenvalue weighted by atomic mass is 9.76. The van der Waals surface area contributed by atoms with Gasteiger partial charge in [0.1, 0.15) is 9.52 Å². The van der Waals surface area contributed by atoms with Crippen molar-refractivity contribution in [2.24, 2.45) is 5.92 Å². The summed E-state index contributed by atoms with van der Waals surface area (Å²) in [5.41, 5.74) is 0. The van der Waals surface area contributed by atoms with Crippen LogP contribution in [0.4, 0.5) is 5.82 Å². The third-order valence-corrected chi connectivity index (χ3v) is 4.18. The van der Waals surface area contributed by atoms with E-state index < -0.39 is 0 Å². The summed E-state index contributed by atoms with van der Waals surface area (Å²) in [6, 6.07) is 5.38. The molecule has 3 unspecified atom stereocenters. The van der Waals surface area contributed by atoms with Gasteiger partial charge in [0, 0.05) is 12.1 Å². The number of rotatable bonds is 2. The Bertz CT molecular complexity index is 367. The molecule has 86 valence electrons. The highest BCUT2D eigenvalue weighted by molar-refractivity contribution is 14.1. The van der Waals surface area contributed by atoms with E-state index >= 15 is 0 Å². The summed E-state index contributed by atoms with van der Waals surface area (Å²) in [7, 11) is 0. The Kier molecular flexibility index (Phi) is 2.97. The van der Waals surface area contributed by atoms with Crippen molar-refractivity contribution in [3.63, 3.8) is 0 Å². The maximum atomic E-state index is 4.15. The zero-order valence-corrected chi connectivity index (χ0v) is 11.1. The molecule has 2 fully saturated rings. The van der Waals surface area contributed by atoms with Gasteiger partial charge in [0.25, 0.3) is 0 Å². The number of fused-ring (bicyclic) bond motifs is 1. The summed E-state index contributed by atoms with van der Waals surface area (Å²) >= 11 is 2.17. The summed E-state index contributed by atoms with van der Waals surface area (Å²) in [5, 5.41) is 15.2. The topological polar surface area (TPSA) is 49.8 Å². The molecule has 0 amide bonds. The first kappa shape index (κ1) is 10.7. The van der Waals surface area contributed by atoms with Crippen LogP contribution in [-0.4, -0.2) is 28.8 Å². The first-order chi connectivity index (χ1) is 7.81. The van der Waals surface area contributed by atoms with Crippen LogP contribution < -0.4 is 10.6 Å². The van der Waals surface area contributed by atoms with Gasteiger partial charge in [-0.1, -0.05) is 0 Å². The molecule has 3 rings (SSSR count). The first-order valence-corrected chi connectivity index (χ1v) is 6.88. The van der Waals surface area contributed by atoms with Crippen LogP contribution in [0.2, 0.25) is 0 Å². The summed E-state index contributed by atoms with van der Waals surface area (Å²) in [6.45, 7) is 1.20. The van der Waals surface area contributed by atoms with Gasteiger partial charge in [-0.15, -0.1) is 10.2 Å². The fourth-order valence-electron chi connectivity index (χ4n) is 2.63. The standard InChI is InChI=1S/C11H15IN4/c12-10-3-4-11(16-15-10)14-8-1-2-9-7(5-8)6-13-9/h3-4,7-9,13H,1-2,5-6H2,(H,14,16). The van der Waals surface area contributed by atoms with Gasteiger partial charge in [0.2, 0.25) is 0 Å². The van der Waals surface area contributed by atoms with Crippen LogP contribution in [0.15, 0.2) is 12.1 Å². The largest absolute Gasteiger partial charge is 0.366 e. The highest BCUT2D eigenvalue weighted by Crippen LogP contribution is 2.31. The minimum atomic E-state index is 0.581. The minimum absolute atomic E-state index is 0.581. The quantitative estimate of drug-likeness (QED) is 0.810. The number of hydrogen-bond acceptors (Lipinski definition) is 4. The Hall–Kier alpha value is -0.430. The average molecular weight is 330 g/mol. The Balaban J connectivity index is 1.60. The van der Waals surface area contributed by atoms with E-state index in [0.29, 0.717) is 6.04 Å². The Morgan fingerprint density at radius 2 is 2.25 bits per heavy atom. The van der Waals surface area contributed by atoms with Crippen LogP contribution in [0.1, 0.15) is 19.3 Å². The monoisotopic (exact) mass is 330 g/mol. The molecule has 2 aliphatic rings. The molecule has 0 aromatic carbocycles. The second-order valence-corrected chi connectivity index (χ2v) is 5.78. The van der Waals surface area contributed by atoms with Gasteiger partial charge in [0.05, 0.1) is 0 Å². The van der Waals surface area contributed by atoms with Gasteiger partial charge in [0.15, 0.2) is 0 Å². The summed E-state index contributed by atoms with van der Waals surface area (Å²) < 4.78 is 0.940. The molecule has 3 atom stereocenters. The molecule has 5 heteroatoms. The predicted octanol–water partition coefficient (Wildman–Crippen LogP) is 1.63. The molecule has 1 aromatic rings. The fourth-order valence-corrected chi connectivity index (χ4v) is 2.92. The molecule has 2 heterocycles. The second-order valence-electron chi connectivity index (χ2n) is 4.67. The molecule has 2 N–H and O–H groups in total. The molecule has 1 saturated heterocycles. The third kappa shape index (κ3) is 2.15. The van der Waals surface area contributed by atoms with Crippen LogP contribution in [0.3, 0.4) is 0 Å². The van der Waals surface area contributed by atoms with E-state index in [1.165, 1.54) is 25.8 Å². The van der Waals surface area contributed by atoms with Crippen molar-refractivity contribution in [2.45, 2.75) is 31.3 Å². The highest BCUT2D eigenvalue weighted by atomic mass is 127. The first-order valence-electron chi connectivity index (χ1n) is 5.80. The van der Waals surface area contributed by atoms with Crippen LogP contribution in [0.25, 0.3) is 0 Å². The maximum absolute atomic E-state index is 4.15. The SMILES string of the molecule is Ic1ccc(NC2CCC3NCC3C2)nn1. The Morgan fingerprint density at radius 1 is 1.31 bits per heavy atom. The Morgan fingerprint density at radius 3 is 2.88 bits per heavy atom. The second kappa shape index (κ2) is 4.44. The lowest BCUT2D eigenvalue weighted by Gasteiger charge is -2.45.